The molecule has 2 atom stereocenters. The topological polar surface area (TPSA) is 34.1 Å². The molecule has 1 heterocycles. The highest BCUT2D eigenvalue weighted by atomic mass is 32.2. The van der Waals surface area contributed by atoms with Crippen molar-refractivity contribution in [2.75, 3.05) is 0 Å². The van der Waals surface area contributed by atoms with Crippen molar-refractivity contribution < 1.29 is 8.42 Å². The molecule has 0 aliphatic carbocycles. The minimum absolute atomic E-state index is 0.309. The van der Waals surface area contributed by atoms with E-state index < -0.39 is 9.84 Å². The van der Waals surface area contributed by atoms with Crippen LogP contribution in [0.1, 0.15) is 13.8 Å². The zero-order valence-electron chi connectivity index (χ0n) is 6.69. The van der Waals surface area contributed by atoms with Gasteiger partial charge in [0.15, 0.2) is 9.84 Å². The molecular weight excluding hydrogens is 160 g/mol. The van der Waals surface area contributed by atoms with Gasteiger partial charge in [0.25, 0.3) is 0 Å². The zero-order chi connectivity index (χ0) is 8.48. The fourth-order valence-electron chi connectivity index (χ4n) is 0.863. The third-order valence-electron chi connectivity index (χ3n) is 1.97. The van der Waals surface area contributed by atoms with E-state index in [4.69, 9.17) is 0 Å². The molecule has 1 aliphatic heterocycles. The van der Waals surface area contributed by atoms with E-state index in [1.54, 1.807) is 12.2 Å². The maximum atomic E-state index is 11.0. The molecule has 0 bridgehead atoms. The average Bonchev–Trinajstić information content (AvgIpc) is 2.03. The fraction of sp³-hybridized carbons (Fsp3) is 0.500. The molecular formula is C8H12O2S. The van der Waals surface area contributed by atoms with Crippen LogP contribution in [0.2, 0.25) is 0 Å². The average molecular weight is 172 g/mol. The van der Waals surface area contributed by atoms with E-state index in [0.29, 0.717) is 11.8 Å². The van der Waals surface area contributed by atoms with Crippen molar-refractivity contribution in [2.24, 2.45) is 11.8 Å². The van der Waals surface area contributed by atoms with Gasteiger partial charge in [-0.1, -0.05) is 26.0 Å². The van der Waals surface area contributed by atoms with Crippen LogP contribution in [0, 0.1) is 11.8 Å². The maximum absolute atomic E-state index is 11.0. The van der Waals surface area contributed by atoms with Crippen molar-refractivity contribution in [3.05, 3.63) is 23.0 Å². The van der Waals surface area contributed by atoms with Gasteiger partial charge in [0, 0.05) is 10.8 Å². The Hall–Kier alpha value is -0.570. The van der Waals surface area contributed by atoms with Gasteiger partial charge < -0.3 is 0 Å². The Labute approximate surface area is 67.5 Å². The molecule has 0 fully saturated rings. The summed E-state index contributed by atoms with van der Waals surface area (Å²) in [6, 6.07) is 0. The van der Waals surface area contributed by atoms with Crippen LogP contribution in [0.5, 0.6) is 0 Å². The monoisotopic (exact) mass is 172 g/mol. The van der Waals surface area contributed by atoms with Gasteiger partial charge in [-0.25, -0.2) is 8.42 Å². The van der Waals surface area contributed by atoms with Crippen molar-refractivity contribution >= 4 is 9.84 Å². The zero-order valence-corrected chi connectivity index (χ0v) is 7.51. The van der Waals surface area contributed by atoms with Crippen LogP contribution in [0.4, 0.5) is 0 Å². The molecule has 3 heteroatoms. The Bertz CT molecular complexity index is 261. The summed E-state index contributed by atoms with van der Waals surface area (Å²) < 4.78 is 22.0. The maximum Gasteiger partial charge on any atom is 0.192 e. The number of allylic oxidation sites excluding steroid dienone is 2. The van der Waals surface area contributed by atoms with Crippen molar-refractivity contribution in [2.45, 2.75) is 13.8 Å². The molecule has 0 spiro atoms. The molecule has 1 rings (SSSR count). The minimum atomic E-state index is -3.05. The highest BCUT2D eigenvalue weighted by Crippen LogP contribution is 2.18. The molecule has 0 radical (unpaired) electrons. The molecule has 0 saturated heterocycles. The highest BCUT2D eigenvalue weighted by Gasteiger charge is 2.12. The Balaban J connectivity index is 3.03. The summed E-state index contributed by atoms with van der Waals surface area (Å²) in [6.07, 6.45) is 3.47. The molecule has 0 saturated carbocycles. The van der Waals surface area contributed by atoms with Gasteiger partial charge >= 0.3 is 0 Å². The lowest BCUT2D eigenvalue weighted by molar-refractivity contribution is 0.560. The van der Waals surface area contributed by atoms with Crippen LogP contribution in [-0.4, -0.2) is 8.42 Å². The number of hydrogen-bond donors (Lipinski definition) is 0. The van der Waals surface area contributed by atoms with Crippen LogP contribution in [0.25, 0.3) is 0 Å². The molecule has 1 aliphatic rings. The Kier molecular flexibility index (Phi) is 2.18. The summed E-state index contributed by atoms with van der Waals surface area (Å²) in [5.74, 6) is 0.618. The number of hydrogen-bond acceptors (Lipinski definition) is 2. The van der Waals surface area contributed by atoms with E-state index in [0.717, 1.165) is 0 Å². The second kappa shape index (κ2) is 2.81. The summed E-state index contributed by atoms with van der Waals surface area (Å²) in [6.45, 7) is 4.01. The van der Waals surface area contributed by atoms with Gasteiger partial charge in [-0.3, -0.25) is 0 Å². The normalized spacial score (nSPS) is 35.1. The number of sulfone groups is 1. The summed E-state index contributed by atoms with van der Waals surface area (Å²) in [7, 11) is -3.05. The van der Waals surface area contributed by atoms with Gasteiger partial charge in [-0.05, 0) is 11.8 Å². The Morgan fingerprint density at radius 1 is 1.00 bits per heavy atom. The first-order valence-corrected chi connectivity index (χ1v) is 5.24. The van der Waals surface area contributed by atoms with E-state index in [-0.39, 0.29) is 0 Å². The lowest BCUT2D eigenvalue weighted by Crippen LogP contribution is -1.99. The number of rotatable bonds is 0. The molecule has 2 nitrogen and oxygen atoms in total. The summed E-state index contributed by atoms with van der Waals surface area (Å²) in [5.41, 5.74) is 0. The largest absolute Gasteiger partial charge is 0.220 e. The second-order valence-corrected chi connectivity index (χ2v) is 4.69. The van der Waals surface area contributed by atoms with E-state index >= 15 is 0 Å². The molecule has 0 N–H and O–H groups in total. The van der Waals surface area contributed by atoms with E-state index in [1.807, 2.05) is 13.8 Å². The molecule has 0 amide bonds. The smallest absolute Gasteiger partial charge is 0.192 e. The first-order valence-electron chi connectivity index (χ1n) is 3.63. The van der Waals surface area contributed by atoms with Crippen molar-refractivity contribution in [1.29, 1.82) is 0 Å². The third-order valence-corrected chi connectivity index (χ3v) is 3.05. The fourth-order valence-corrected chi connectivity index (χ4v) is 1.89. The van der Waals surface area contributed by atoms with Crippen LogP contribution >= 0.6 is 0 Å². The quantitative estimate of drug-likeness (QED) is 0.557. The van der Waals surface area contributed by atoms with Crippen LogP contribution < -0.4 is 0 Å². The summed E-state index contributed by atoms with van der Waals surface area (Å²) in [4.78, 5) is 0. The first-order chi connectivity index (χ1) is 5.01. The van der Waals surface area contributed by atoms with Gasteiger partial charge in [0.2, 0.25) is 0 Å². The van der Waals surface area contributed by atoms with Gasteiger partial charge in [-0.15, -0.1) is 0 Å². The van der Waals surface area contributed by atoms with Crippen LogP contribution in [0.3, 0.4) is 0 Å². The van der Waals surface area contributed by atoms with E-state index in [1.165, 1.54) is 10.8 Å². The van der Waals surface area contributed by atoms with Crippen LogP contribution in [0.15, 0.2) is 23.0 Å². The van der Waals surface area contributed by atoms with E-state index in [2.05, 4.69) is 0 Å². The van der Waals surface area contributed by atoms with Gasteiger partial charge in [0.05, 0.1) is 0 Å². The predicted octanol–water partition coefficient (Wildman–Crippen LogP) is 1.71. The lowest BCUT2D eigenvalue weighted by atomic mass is 9.97. The molecule has 0 aromatic heterocycles. The van der Waals surface area contributed by atoms with Crippen molar-refractivity contribution in [1.82, 2.24) is 0 Å². The second-order valence-electron chi connectivity index (χ2n) is 2.96. The Morgan fingerprint density at radius 3 is 1.73 bits per heavy atom. The first kappa shape index (κ1) is 8.53. The molecule has 0 aromatic rings. The highest BCUT2D eigenvalue weighted by molar-refractivity contribution is 7.97. The molecule has 11 heavy (non-hydrogen) atoms. The predicted molar refractivity (Wildman–Crippen MR) is 45.5 cm³/mol. The van der Waals surface area contributed by atoms with Crippen molar-refractivity contribution in [3.63, 3.8) is 0 Å². The van der Waals surface area contributed by atoms with Gasteiger partial charge in [-0.2, -0.15) is 0 Å². The van der Waals surface area contributed by atoms with Crippen molar-refractivity contribution in [3.8, 4) is 0 Å². The SMILES string of the molecule is CC1C=CS(=O)(=O)C=CC1C. The summed E-state index contributed by atoms with van der Waals surface area (Å²) in [5, 5.41) is 2.55. The van der Waals surface area contributed by atoms with E-state index in [9.17, 15) is 8.42 Å². The standard InChI is InChI=1S/C8H12O2S/c1-7-3-5-11(9,10)6-4-8(7)2/h3-8H,1-2H3. The summed E-state index contributed by atoms with van der Waals surface area (Å²) >= 11 is 0. The molecule has 0 aromatic carbocycles. The lowest BCUT2D eigenvalue weighted by Gasteiger charge is -2.08. The minimum Gasteiger partial charge on any atom is -0.220 e. The third kappa shape index (κ3) is 2.19. The molecule has 2 unspecified atom stereocenters. The van der Waals surface area contributed by atoms with Crippen LogP contribution in [-0.2, 0) is 9.84 Å². The molecule has 62 valence electrons. The van der Waals surface area contributed by atoms with Gasteiger partial charge in [0.1, 0.15) is 0 Å². The Morgan fingerprint density at radius 2 is 1.36 bits per heavy atom.